The number of rotatable bonds is 8. The normalized spacial score (nSPS) is 13.8. The standard InChI is InChI=1S/C28H33ClN2O5S/c1-17-24(20-10-8-9-11-21(20)26(33)18-12-14-19(29)15-13-18)25(30-36-17)22(31-37(34)28(5,6)7)16-23(32)35-27(2,3)4/h8-15,22,31H,16H2,1-7H3/t22-,37?/m1/s1. The van der Waals surface area contributed by atoms with Gasteiger partial charge in [-0.3, -0.25) is 9.59 Å². The number of hydrogen-bond donors (Lipinski definition) is 1. The van der Waals surface area contributed by atoms with Gasteiger partial charge < -0.3 is 13.8 Å². The van der Waals surface area contributed by atoms with Gasteiger partial charge in [0.15, 0.2) is 5.78 Å². The number of nitrogens with zero attached hydrogens (tertiary/aromatic N) is 1. The third kappa shape index (κ3) is 7.45. The number of aromatic nitrogens is 1. The number of benzene rings is 2. The predicted octanol–water partition coefficient (Wildman–Crippen LogP) is 6.36. The second kappa shape index (κ2) is 11.4. The molecule has 0 bridgehead atoms. The van der Waals surface area contributed by atoms with Crippen LogP contribution in [0.15, 0.2) is 53.1 Å². The Morgan fingerprint density at radius 2 is 1.70 bits per heavy atom. The molecule has 0 aliphatic rings. The zero-order valence-electron chi connectivity index (χ0n) is 22.2. The number of esters is 1. The second-order valence-corrected chi connectivity index (χ2v) is 13.2. The van der Waals surface area contributed by atoms with Crippen LogP contribution in [-0.4, -0.2) is 31.8 Å². The van der Waals surface area contributed by atoms with Crippen LogP contribution in [0.2, 0.25) is 5.02 Å². The summed E-state index contributed by atoms with van der Waals surface area (Å²) in [7, 11) is 0. The van der Waals surface area contributed by atoms with Gasteiger partial charge in [0.25, 0.3) is 0 Å². The van der Waals surface area contributed by atoms with Crippen molar-refractivity contribution in [3.05, 3.63) is 76.1 Å². The van der Waals surface area contributed by atoms with E-state index in [1.165, 1.54) is 0 Å². The molecule has 3 rings (SSSR count). The van der Waals surface area contributed by atoms with Crippen LogP contribution < -0.4 is 4.72 Å². The quantitative estimate of drug-likeness (QED) is 0.200. The monoisotopic (exact) mass is 544 g/mol. The zero-order chi connectivity index (χ0) is 27.5. The van der Waals surface area contributed by atoms with Gasteiger partial charge in [-0.15, -0.1) is 4.72 Å². The number of ether oxygens (including phenoxy) is 1. The molecular formula is C28H33ClN2O5S. The van der Waals surface area contributed by atoms with Crippen LogP contribution in [0, 0.1) is 6.92 Å². The van der Waals surface area contributed by atoms with Crippen LogP contribution in [0.4, 0.5) is 0 Å². The lowest BCUT2D eigenvalue weighted by atomic mass is 9.91. The average Bonchev–Trinajstić information content (AvgIpc) is 3.18. The maximum absolute atomic E-state index is 13.5. The minimum atomic E-state index is -1.53. The molecule has 0 saturated heterocycles. The van der Waals surface area contributed by atoms with E-state index in [0.29, 0.717) is 38.7 Å². The molecular weight excluding hydrogens is 512 g/mol. The highest BCUT2D eigenvalue weighted by Crippen LogP contribution is 2.36. The van der Waals surface area contributed by atoms with Gasteiger partial charge >= 0.3 is 5.97 Å². The fourth-order valence-electron chi connectivity index (χ4n) is 3.66. The van der Waals surface area contributed by atoms with E-state index in [1.54, 1.807) is 70.2 Å². The van der Waals surface area contributed by atoms with E-state index in [4.69, 9.17) is 20.9 Å². The fourth-order valence-corrected chi connectivity index (χ4v) is 4.59. The SMILES string of the molecule is Cc1onc([C@@H](CC(=O)OC(C)(C)C)N[S+]([O-])C(C)(C)C)c1-c1ccccc1C(=O)c1ccc(Cl)cc1. The van der Waals surface area contributed by atoms with E-state index >= 15 is 0 Å². The van der Waals surface area contributed by atoms with Crippen molar-refractivity contribution in [1.82, 2.24) is 9.88 Å². The number of halogens is 1. The van der Waals surface area contributed by atoms with Crippen molar-refractivity contribution >= 4 is 34.7 Å². The van der Waals surface area contributed by atoms with Crippen LogP contribution in [0.3, 0.4) is 0 Å². The summed E-state index contributed by atoms with van der Waals surface area (Å²) in [6.45, 7) is 12.6. The van der Waals surface area contributed by atoms with Gasteiger partial charge in [0, 0.05) is 27.5 Å². The molecule has 0 amide bonds. The Hall–Kier alpha value is -2.65. The van der Waals surface area contributed by atoms with E-state index in [9.17, 15) is 14.1 Å². The molecule has 3 aromatic rings. The third-order valence-corrected chi connectivity index (χ3v) is 7.23. The summed E-state index contributed by atoms with van der Waals surface area (Å²) in [5.41, 5.74) is 1.75. The minimum absolute atomic E-state index is 0.134. The highest BCUT2D eigenvalue weighted by molar-refractivity contribution is 7.90. The van der Waals surface area contributed by atoms with E-state index in [2.05, 4.69) is 9.88 Å². The van der Waals surface area contributed by atoms with E-state index in [-0.39, 0.29) is 12.2 Å². The Kier molecular flexibility index (Phi) is 8.90. The molecule has 0 spiro atoms. The first-order chi connectivity index (χ1) is 17.2. The summed E-state index contributed by atoms with van der Waals surface area (Å²) >= 11 is 4.48. The molecule has 1 N–H and O–H groups in total. The van der Waals surface area contributed by atoms with Crippen molar-refractivity contribution in [3.63, 3.8) is 0 Å². The Morgan fingerprint density at radius 1 is 1.08 bits per heavy atom. The molecule has 0 fully saturated rings. The number of hydrogen-bond acceptors (Lipinski definition) is 7. The number of carbonyl (C=O) groups excluding carboxylic acids is 2. The van der Waals surface area contributed by atoms with Crippen LogP contribution in [-0.2, 0) is 20.9 Å². The molecule has 2 aromatic carbocycles. The molecule has 0 aliphatic heterocycles. The molecule has 1 heterocycles. The third-order valence-electron chi connectivity index (χ3n) is 5.36. The van der Waals surface area contributed by atoms with Crippen molar-refractivity contribution in [2.24, 2.45) is 0 Å². The van der Waals surface area contributed by atoms with Gasteiger partial charge in [-0.2, -0.15) is 0 Å². The van der Waals surface area contributed by atoms with E-state index in [0.717, 1.165) is 0 Å². The number of nitrogens with one attached hydrogen (secondary N) is 1. The minimum Gasteiger partial charge on any atom is -0.598 e. The molecule has 7 nitrogen and oxygen atoms in total. The van der Waals surface area contributed by atoms with Gasteiger partial charge in [0.2, 0.25) is 0 Å². The van der Waals surface area contributed by atoms with Crippen molar-refractivity contribution in [3.8, 4) is 11.1 Å². The maximum atomic E-state index is 13.5. The Morgan fingerprint density at radius 3 is 2.30 bits per heavy atom. The lowest BCUT2D eigenvalue weighted by Crippen LogP contribution is -2.42. The maximum Gasteiger partial charge on any atom is 0.308 e. The topological polar surface area (TPSA) is 104 Å². The summed E-state index contributed by atoms with van der Waals surface area (Å²) in [6.07, 6.45) is -0.134. The molecule has 37 heavy (non-hydrogen) atoms. The van der Waals surface area contributed by atoms with E-state index < -0.39 is 33.7 Å². The lowest BCUT2D eigenvalue weighted by molar-refractivity contribution is -0.155. The summed E-state index contributed by atoms with van der Waals surface area (Å²) in [5, 5.41) is 4.79. The summed E-state index contributed by atoms with van der Waals surface area (Å²) in [5.74, 6) is -0.217. The summed E-state index contributed by atoms with van der Waals surface area (Å²) < 4.78 is 26.6. The van der Waals surface area contributed by atoms with Crippen molar-refractivity contribution < 1.29 is 23.4 Å². The predicted molar refractivity (Wildman–Crippen MR) is 146 cm³/mol. The largest absolute Gasteiger partial charge is 0.598 e. The van der Waals surface area contributed by atoms with Crippen LogP contribution in [0.1, 0.15) is 81.4 Å². The number of carbonyl (C=O) groups is 2. The molecule has 198 valence electrons. The Balaban J connectivity index is 2.09. The molecule has 9 heteroatoms. The van der Waals surface area contributed by atoms with E-state index in [1.807, 2.05) is 26.8 Å². The van der Waals surface area contributed by atoms with Gasteiger partial charge in [0.05, 0.1) is 12.0 Å². The van der Waals surface area contributed by atoms with Gasteiger partial charge in [-0.1, -0.05) is 41.0 Å². The molecule has 2 atom stereocenters. The van der Waals surface area contributed by atoms with Crippen molar-refractivity contribution in [1.29, 1.82) is 0 Å². The molecule has 1 aromatic heterocycles. The van der Waals surface area contributed by atoms with Crippen molar-refractivity contribution in [2.75, 3.05) is 0 Å². The molecule has 0 radical (unpaired) electrons. The summed E-state index contributed by atoms with van der Waals surface area (Å²) in [4.78, 5) is 26.3. The van der Waals surface area contributed by atoms with Crippen LogP contribution in [0.5, 0.6) is 0 Å². The first kappa shape index (κ1) is 28.9. The second-order valence-electron chi connectivity index (χ2n) is 10.7. The van der Waals surface area contributed by atoms with Gasteiger partial charge in [-0.05, 0) is 78.3 Å². The molecule has 0 saturated carbocycles. The number of aryl methyl sites for hydroxylation is 1. The van der Waals surface area contributed by atoms with Crippen molar-refractivity contribution in [2.45, 2.75) is 71.3 Å². The highest BCUT2D eigenvalue weighted by atomic mass is 35.5. The van der Waals surface area contributed by atoms with Crippen LogP contribution >= 0.6 is 11.6 Å². The number of ketones is 1. The Bertz CT molecular complexity index is 1260. The highest BCUT2D eigenvalue weighted by Gasteiger charge is 2.36. The van der Waals surface area contributed by atoms with Gasteiger partial charge in [0.1, 0.15) is 27.8 Å². The smallest absolute Gasteiger partial charge is 0.308 e. The van der Waals surface area contributed by atoms with Gasteiger partial charge in [-0.25, -0.2) is 0 Å². The molecule has 1 unspecified atom stereocenters. The zero-order valence-corrected chi connectivity index (χ0v) is 23.8. The fraction of sp³-hybridized carbons (Fsp3) is 0.393. The summed E-state index contributed by atoms with van der Waals surface area (Å²) in [6, 6.07) is 13.0. The lowest BCUT2D eigenvalue weighted by Gasteiger charge is -2.28. The first-order valence-electron chi connectivity index (χ1n) is 11.9. The first-order valence-corrected chi connectivity index (χ1v) is 13.5. The Labute approximate surface area is 226 Å². The molecule has 0 aliphatic carbocycles. The average molecular weight is 545 g/mol. The van der Waals surface area contributed by atoms with Crippen LogP contribution in [0.25, 0.3) is 11.1 Å².